The maximum Gasteiger partial charge on any atom is 0.311 e. The van der Waals surface area contributed by atoms with Crippen molar-refractivity contribution in [1.29, 1.82) is 0 Å². The molecule has 1 aliphatic heterocycles. The summed E-state index contributed by atoms with van der Waals surface area (Å²) in [5.74, 6) is -0.194. The molecular formula is C13H14O4S. The molecule has 0 spiro atoms. The highest BCUT2D eigenvalue weighted by Gasteiger charge is 2.24. The highest BCUT2D eigenvalue weighted by Crippen LogP contribution is 2.20. The summed E-state index contributed by atoms with van der Waals surface area (Å²) in [6.45, 7) is 1.91. The zero-order chi connectivity index (χ0) is 13.2. The van der Waals surface area contributed by atoms with Crippen molar-refractivity contribution in [3.8, 4) is 5.75 Å². The van der Waals surface area contributed by atoms with Gasteiger partial charge in [-0.3, -0.25) is 4.79 Å². The Kier molecular flexibility index (Phi) is 3.52. The molecule has 1 atom stereocenters. The van der Waals surface area contributed by atoms with Crippen LogP contribution < -0.4 is 4.74 Å². The summed E-state index contributed by atoms with van der Waals surface area (Å²) in [5, 5.41) is 1.16. The average molecular weight is 266 g/mol. The first-order valence-electron chi connectivity index (χ1n) is 5.63. The molecule has 18 heavy (non-hydrogen) atoms. The van der Waals surface area contributed by atoms with Crippen molar-refractivity contribution < 1.29 is 17.9 Å². The van der Waals surface area contributed by atoms with Gasteiger partial charge in [0.25, 0.3) is 0 Å². The summed E-state index contributed by atoms with van der Waals surface area (Å²) < 4.78 is 27.5. The first kappa shape index (κ1) is 12.8. The van der Waals surface area contributed by atoms with Crippen LogP contribution in [-0.4, -0.2) is 20.1 Å². The largest absolute Gasteiger partial charge is 0.427 e. The quantitative estimate of drug-likeness (QED) is 0.619. The second-order valence-electron chi connectivity index (χ2n) is 4.41. The number of hydrogen-bond acceptors (Lipinski definition) is 4. The Bertz CT molecular complexity index is 587. The number of hydrogen-bond donors (Lipinski definition) is 0. The van der Waals surface area contributed by atoms with Crippen molar-refractivity contribution >= 4 is 15.8 Å². The third-order valence-electron chi connectivity index (χ3n) is 2.65. The molecule has 5 heteroatoms. The molecule has 1 heterocycles. The molecule has 1 aromatic carbocycles. The van der Waals surface area contributed by atoms with E-state index in [4.69, 9.17) is 4.74 Å². The van der Waals surface area contributed by atoms with E-state index in [0.717, 1.165) is 11.0 Å². The monoisotopic (exact) mass is 266 g/mol. The number of carbonyl (C=O) groups is 1. The zero-order valence-corrected chi connectivity index (χ0v) is 10.8. The molecule has 1 aromatic rings. The summed E-state index contributed by atoms with van der Waals surface area (Å²) in [7, 11) is -3.11. The number of allylic oxidation sites excluding steroid dienone is 1. The van der Waals surface area contributed by atoms with Gasteiger partial charge in [-0.1, -0.05) is 18.2 Å². The van der Waals surface area contributed by atoms with Gasteiger partial charge in [0.1, 0.15) is 5.75 Å². The summed E-state index contributed by atoms with van der Waals surface area (Å²) >= 11 is 0. The second kappa shape index (κ2) is 4.94. The highest BCUT2D eigenvalue weighted by molar-refractivity contribution is 7.94. The Labute approximate surface area is 106 Å². The molecule has 0 radical (unpaired) electrons. The van der Waals surface area contributed by atoms with Crippen molar-refractivity contribution in [2.75, 3.05) is 5.75 Å². The fourth-order valence-corrected chi connectivity index (χ4v) is 3.23. The fourth-order valence-electron chi connectivity index (χ4n) is 1.83. The van der Waals surface area contributed by atoms with E-state index in [-0.39, 0.29) is 18.1 Å². The first-order valence-corrected chi connectivity index (χ1v) is 7.34. The molecule has 0 fully saturated rings. The average Bonchev–Trinajstić information content (AvgIpc) is 2.57. The van der Waals surface area contributed by atoms with Gasteiger partial charge >= 0.3 is 5.97 Å². The minimum Gasteiger partial charge on any atom is -0.427 e. The molecule has 0 saturated heterocycles. The normalized spacial score (nSPS) is 20.8. The summed E-state index contributed by atoms with van der Waals surface area (Å²) in [4.78, 5) is 11.6. The lowest BCUT2D eigenvalue weighted by Gasteiger charge is -2.07. The Morgan fingerprint density at radius 3 is 2.83 bits per heavy atom. The minimum atomic E-state index is -3.11. The number of benzene rings is 1. The Hall–Kier alpha value is -1.62. The summed E-state index contributed by atoms with van der Waals surface area (Å²) in [6, 6.07) is 7.17. The number of sulfone groups is 1. The van der Waals surface area contributed by atoms with E-state index >= 15 is 0 Å². The molecule has 0 aromatic heterocycles. The number of rotatable bonds is 3. The van der Waals surface area contributed by atoms with Gasteiger partial charge in [-0.15, -0.1) is 0 Å². The van der Waals surface area contributed by atoms with Gasteiger partial charge in [-0.25, -0.2) is 8.42 Å². The molecule has 4 nitrogen and oxygen atoms in total. The lowest BCUT2D eigenvalue weighted by atomic mass is 10.1. The summed E-state index contributed by atoms with van der Waals surface area (Å²) in [5.41, 5.74) is 1.00. The topological polar surface area (TPSA) is 60.4 Å². The van der Waals surface area contributed by atoms with Crippen molar-refractivity contribution in [2.45, 2.75) is 13.3 Å². The number of esters is 1. The van der Waals surface area contributed by atoms with E-state index in [1.807, 2.05) is 13.0 Å². The van der Waals surface area contributed by atoms with Crippen LogP contribution in [0.5, 0.6) is 5.75 Å². The molecule has 0 unspecified atom stereocenters. The third kappa shape index (κ3) is 3.43. The van der Waals surface area contributed by atoms with E-state index in [1.54, 1.807) is 24.3 Å². The maximum atomic E-state index is 11.6. The van der Waals surface area contributed by atoms with Crippen LogP contribution in [0.1, 0.15) is 12.0 Å². The standard InChI is InChI=1S/C13H14O4S/c1-10-3-2-4-12(7-10)17-13(14)8-11-5-6-18(15,16)9-11/h2-7,11H,8-9H2,1H3/t11-/m1/s1. The van der Waals surface area contributed by atoms with Gasteiger partial charge in [-0.05, 0) is 24.6 Å². The van der Waals surface area contributed by atoms with Crippen molar-refractivity contribution in [3.05, 3.63) is 41.3 Å². The molecular weight excluding hydrogens is 252 g/mol. The lowest BCUT2D eigenvalue weighted by molar-refractivity contribution is -0.134. The molecule has 0 bridgehead atoms. The maximum absolute atomic E-state index is 11.6. The third-order valence-corrected chi connectivity index (χ3v) is 4.12. The van der Waals surface area contributed by atoms with Crippen LogP contribution in [-0.2, 0) is 14.6 Å². The van der Waals surface area contributed by atoms with Crippen molar-refractivity contribution in [3.63, 3.8) is 0 Å². The van der Waals surface area contributed by atoms with Crippen LogP contribution in [0.15, 0.2) is 35.7 Å². The predicted molar refractivity (Wildman–Crippen MR) is 67.8 cm³/mol. The first-order chi connectivity index (χ1) is 8.44. The van der Waals surface area contributed by atoms with Gasteiger partial charge in [0.2, 0.25) is 0 Å². The van der Waals surface area contributed by atoms with Gasteiger partial charge in [-0.2, -0.15) is 0 Å². The highest BCUT2D eigenvalue weighted by atomic mass is 32.2. The van der Waals surface area contributed by atoms with Crippen LogP contribution in [0.4, 0.5) is 0 Å². The van der Waals surface area contributed by atoms with Crippen molar-refractivity contribution in [2.24, 2.45) is 5.92 Å². The lowest BCUT2D eigenvalue weighted by Crippen LogP contribution is -2.15. The van der Waals surface area contributed by atoms with E-state index in [1.165, 1.54) is 0 Å². The molecule has 2 rings (SSSR count). The number of aryl methyl sites for hydroxylation is 1. The van der Waals surface area contributed by atoms with Crippen LogP contribution >= 0.6 is 0 Å². The van der Waals surface area contributed by atoms with Gasteiger partial charge in [0.05, 0.1) is 12.2 Å². The van der Waals surface area contributed by atoms with E-state index in [9.17, 15) is 13.2 Å². The molecule has 0 N–H and O–H groups in total. The fraction of sp³-hybridized carbons (Fsp3) is 0.308. The molecule has 0 amide bonds. The van der Waals surface area contributed by atoms with E-state index in [2.05, 4.69) is 0 Å². The Balaban J connectivity index is 1.92. The molecule has 1 aliphatic rings. The van der Waals surface area contributed by atoms with Crippen molar-refractivity contribution in [1.82, 2.24) is 0 Å². The van der Waals surface area contributed by atoms with Crippen LogP contribution in [0.2, 0.25) is 0 Å². The molecule has 96 valence electrons. The smallest absolute Gasteiger partial charge is 0.311 e. The van der Waals surface area contributed by atoms with Crippen LogP contribution in [0.3, 0.4) is 0 Å². The number of carbonyl (C=O) groups excluding carboxylic acids is 1. The number of ether oxygens (including phenoxy) is 1. The minimum absolute atomic E-state index is 0.00405. The van der Waals surface area contributed by atoms with Gasteiger partial charge < -0.3 is 4.74 Å². The zero-order valence-electron chi connectivity index (χ0n) is 10.00. The van der Waals surface area contributed by atoms with Gasteiger partial charge in [0.15, 0.2) is 9.84 Å². The van der Waals surface area contributed by atoms with E-state index in [0.29, 0.717) is 5.75 Å². The van der Waals surface area contributed by atoms with Gasteiger partial charge in [0, 0.05) is 11.3 Å². The molecule has 0 aliphatic carbocycles. The van der Waals surface area contributed by atoms with Crippen LogP contribution in [0.25, 0.3) is 0 Å². The van der Waals surface area contributed by atoms with E-state index < -0.39 is 15.8 Å². The molecule has 0 saturated carbocycles. The second-order valence-corrected chi connectivity index (χ2v) is 6.34. The predicted octanol–water partition coefficient (Wildman–Crippen LogP) is 1.85. The van der Waals surface area contributed by atoms with Crippen LogP contribution in [0, 0.1) is 12.8 Å². The Morgan fingerprint density at radius 1 is 1.44 bits per heavy atom. The summed E-state index contributed by atoms with van der Waals surface area (Å²) in [6.07, 6.45) is 1.64. The SMILES string of the molecule is Cc1cccc(OC(=O)C[C@H]2C=CS(=O)(=O)C2)c1. The Morgan fingerprint density at radius 2 is 2.22 bits per heavy atom.